The van der Waals surface area contributed by atoms with Crippen molar-refractivity contribution in [2.24, 2.45) is 0 Å². The van der Waals surface area contributed by atoms with E-state index in [9.17, 15) is 18.0 Å². The number of aryl methyl sites for hydroxylation is 1. The second-order valence-electron chi connectivity index (χ2n) is 10.4. The zero-order valence-electron chi connectivity index (χ0n) is 25.9. The number of nitrogens with one attached hydrogen (secondary N) is 1. The maximum absolute atomic E-state index is 14.2. The van der Waals surface area contributed by atoms with Gasteiger partial charge in [0.05, 0.1) is 17.2 Å². The van der Waals surface area contributed by atoms with Crippen molar-refractivity contribution in [1.82, 2.24) is 10.2 Å². The van der Waals surface area contributed by atoms with E-state index >= 15 is 0 Å². The van der Waals surface area contributed by atoms with Crippen LogP contribution < -0.4 is 14.4 Å². The van der Waals surface area contributed by atoms with Gasteiger partial charge in [-0.05, 0) is 94.0 Å². The Hall–Kier alpha value is -3.50. The summed E-state index contributed by atoms with van der Waals surface area (Å²) in [5.41, 5.74) is 2.23. The van der Waals surface area contributed by atoms with E-state index in [1.54, 1.807) is 48.5 Å². The van der Waals surface area contributed by atoms with Crippen LogP contribution in [0.5, 0.6) is 5.75 Å². The fourth-order valence-corrected chi connectivity index (χ4v) is 6.35. The summed E-state index contributed by atoms with van der Waals surface area (Å²) in [6, 6.07) is 20.1. The summed E-state index contributed by atoms with van der Waals surface area (Å²) < 4.78 is 34.9. The van der Waals surface area contributed by atoms with Crippen LogP contribution in [0.4, 0.5) is 5.69 Å². The molecule has 0 bridgehead atoms. The minimum absolute atomic E-state index is 0.0668. The Bertz CT molecular complexity index is 1440. The lowest BCUT2D eigenvalue weighted by Crippen LogP contribution is -2.53. The summed E-state index contributed by atoms with van der Waals surface area (Å²) in [5, 5.41) is 3.00. The third-order valence-electron chi connectivity index (χ3n) is 7.22. The first kappa shape index (κ1) is 34.0. The lowest BCUT2D eigenvalue weighted by atomic mass is 10.1. The van der Waals surface area contributed by atoms with Crippen molar-refractivity contribution < 1.29 is 22.7 Å². The largest absolute Gasteiger partial charge is 0.494 e. The van der Waals surface area contributed by atoms with Gasteiger partial charge in [-0.3, -0.25) is 13.9 Å². The number of nitrogens with zero attached hydrogens (tertiary/aromatic N) is 2. The molecule has 1 N–H and O–H groups in total. The Morgan fingerprint density at radius 2 is 1.53 bits per heavy atom. The van der Waals surface area contributed by atoms with Crippen LogP contribution >= 0.6 is 11.8 Å². The number of carbonyl (C=O) groups is 2. The van der Waals surface area contributed by atoms with Crippen LogP contribution in [0, 0.1) is 6.92 Å². The summed E-state index contributed by atoms with van der Waals surface area (Å²) in [4.78, 5) is 30.1. The first-order chi connectivity index (χ1) is 20.5. The molecule has 232 valence electrons. The number of anilines is 1. The van der Waals surface area contributed by atoms with E-state index < -0.39 is 28.5 Å². The van der Waals surface area contributed by atoms with Crippen LogP contribution in [0.2, 0.25) is 0 Å². The van der Waals surface area contributed by atoms with Gasteiger partial charge in [0.1, 0.15) is 18.3 Å². The Morgan fingerprint density at radius 3 is 2.07 bits per heavy atom. The average Bonchev–Trinajstić information content (AvgIpc) is 3.01. The molecule has 2 amide bonds. The molecule has 0 unspecified atom stereocenters. The minimum Gasteiger partial charge on any atom is -0.494 e. The molecule has 43 heavy (non-hydrogen) atoms. The number of sulfonamides is 1. The molecule has 3 aromatic rings. The molecule has 0 aromatic heterocycles. The summed E-state index contributed by atoms with van der Waals surface area (Å²) in [5.74, 6) is -0.154. The van der Waals surface area contributed by atoms with Crippen LogP contribution in [0.15, 0.2) is 82.6 Å². The maximum Gasteiger partial charge on any atom is 0.264 e. The highest BCUT2D eigenvalue weighted by Crippen LogP contribution is 2.28. The van der Waals surface area contributed by atoms with Gasteiger partial charge in [-0.2, -0.15) is 0 Å². The maximum atomic E-state index is 14.2. The smallest absolute Gasteiger partial charge is 0.264 e. The quantitative estimate of drug-likeness (QED) is 0.207. The normalized spacial score (nSPS) is 12.7. The molecule has 0 heterocycles. The standard InChI is InChI=1S/C33H43N3O5S2/c1-7-25(5)34-33(38)31(8-2)35(22-26-12-10-24(4)11-13-26)32(37)23-36(27-14-16-28(17-15-27)41-9-3)43(39,40)30-20-18-29(42-6)19-21-30/h10-21,25,31H,7-9,22-23H2,1-6H3,(H,34,38)/t25-,31+/m0/s1. The number of ether oxygens (including phenoxy) is 1. The molecule has 0 fully saturated rings. The summed E-state index contributed by atoms with van der Waals surface area (Å²) in [6.45, 7) is 9.73. The van der Waals surface area contributed by atoms with Gasteiger partial charge < -0.3 is 15.0 Å². The minimum atomic E-state index is -4.15. The number of rotatable bonds is 15. The molecule has 2 atom stereocenters. The first-order valence-electron chi connectivity index (χ1n) is 14.6. The zero-order valence-corrected chi connectivity index (χ0v) is 27.5. The van der Waals surface area contributed by atoms with Crippen LogP contribution in [0.3, 0.4) is 0 Å². The first-order valence-corrected chi connectivity index (χ1v) is 17.2. The average molecular weight is 626 g/mol. The second-order valence-corrected chi connectivity index (χ2v) is 13.1. The van der Waals surface area contributed by atoms with E-state index in [1.165, 1.54) is 16.7 Å². The Labute approximate surface area is 260 Å². The Kier molecular flexibility index (Phi) is 12.5. The summed E-state index contributed by atoms with van der Waals surface area (Å²) in [6.07, 6.45) is 3.03. The SMILES string of the molecule is CCOc1ccc(N(CC(=O)N(Cc2ccc(C)cc2)[C@H](CC)C(=O)N[C@@H](C)CC)S(=O)(=O)c2ccc(SC)cc2)cc1. The van der Waals surface area contributed by atoms with Gasteiger partial charge in [-0.15, -0.1) is 11.8 Å². The second kappa shape index (κ2) is 15.8. The van der Waals surface area contributed by atoms with Gasteiger partial charge in [0, 0.05) is 17.5 Å². The molecular formula is C33H43N3O5S2. The third kappa shape index (κ3) is 9.00. The van der Waals surface area contributed by atoms with Crippen molar-refractivity contribution in [3.63, 3.8) is 0 Å². The number of carbonyl (C=O) groups excluding carboxylic acids is 2. The zero-order chi connectivity index (χ0) is 31.6. The molecule has 0 aliphatic heterocycles. The summed E-state index contributed by atoms with van der Waals surface area (Å²) >= 11 is 1.51. The molecular weight excluding hydrogens is 583 g/mol. The molecule has 0 saturated carbocycles. The van der Waals surface area contributed by atoms with Gasteiger partial charge in [-0.1, -0.05) is 43.7 Å². The van der Waals surface area contributed by atoms with Gasteiger partial charge >= 0.3 is 0 Å². The summed E-state index contributed by atoms with van der Waals surface area (Å²) in [7, 11) is -4.15. The lowest BCUT2D eigenvalue weighted by Gasteiger charge is -2.33. The molecule has 0 saturated heterocycles. The highest BCUT2D eigenvalue weighted by atomic mass is 32.2. The topological polar surface area (TPSA) is 96.0 Å². The van der Waals surface area contributed by atoms with E-state index in [-0.39, 0.29) is 23.4 Å². The molecule has 0 aliphatic carbocycles. The van der Waals surface area contributed by atoms with Gasteiger partial charge in [-0.25, -0.2) is 8.42 Å². The Balaban J connectivity index is 2.06. The lowest BCUT2D eigenvalue weighted by molar-refractivity contribution is -0.140. The third-order valence-corrected chi connectivity index (χ3v) is 9.75. The predicted octanol–water partition coefficient (Wildman–Crippen LogP) is 6.03. The predicted molar refractivity (Wildman–Crippen MR) is 174 cm³/mol. The van der Waals surface area contributed by atoms with Crippen LogP contribution in [0.25, 0.3) is 0 Å². The van der Waals surface area contributed by atoms with E-state index in [2.05, 4.69) is 5.32 Å². The highest BCUT2D eigenvalue weighted by molar-refractivity contribution is 7.98. The molecule has 0 spiro atoms. The van der Waals surface area contributed by atoms with Crippen molar-refractivity contribution in [2.75, 3.05) is 23.7 Å². The number of amides is 2. The Morgan fingerprint density at radius 1 is 0.907 bits per heavy atom. The van der Waals surface area contributed by atoms with Gasteiger partial charge in [0.2, 0.25) is 11.8 Å². The van der Waals surface area contributed by atoms with Gasteiger partial charge in [0.25, 0.3) is 10.0 Å². The molecule has 3 rings (SSSR count). The van der Waals surface area contributed by atoms with E-state index in [4.69, 9.17) is 4.74 Å². The van der Waals surface area contributed by atoms with Crippen molar-refractivity contribution in [3.8, 4) is 5.75 Å². The van der Waals surface area contributed by atoms with E-state index in [1.807, 2.05) is 65.1 Å². The molecule has 8 nitrogen and oxygen atoms in total. The number of hydrogen-bond donors (Lipinski definition) is 1. The van der Waals surface area contributed by atoms with Crippen molar-refractivity contribution in [1.29, 1.82) is 0 Å². The van der Waals surface area contributed by atoms with Gasteiger partial charge in [0.15, 0.2) is 0 Å². The van der Waals surface area contributed by atoms with Crippen molar-refractivity contribution in [2.45, 2.75) is 75.9 Å². The van der Waals surface area contributed by atoms with Crippen LogP contribution in [-0.4, -0.2) is 56.6 Å². The number of benzene rings is 3. The molecule has 3 aromatic carbocycles. The van der Waals surface area contributed by atoms with E-state index in [0.717, 1.165) is 26.7 Å². The van der Waals surface area contributed by atoms with E-state index in [0.29, 0.717) is 24.5 Å². The fourth-order valence-electron chi connectivity index (χ4n) is 4.53. The van der Waals surface area contributed by atoms with Crippen molar-refractivity contribution >= 4 is 39.3 Å². The van der Waals surface area contributed by atoms with Crippen LogP contribution in [-0.2, 0) is 26.2 Å². The van der Waals surface area contributed by atoms with Crippen molar-refractivity contribution in [3.05, 3.63) is 83.9 Å². The fraction of sp³-hybridized carbons (Fsp3) is 0.394. The van der Waals surface area contributed by atoms with Crippen LogP contribution in [0.1, 0.15) is 51.7 Å². The molecule has 0 radical (unpaired) electrons. The molecule has 10 heteroatoms. The molecule has 0 aliphatic rings. The monoisotopic (exact) mass is 625 g/mol. The highest BCUT2D eigenvalue weighted by Gasteiger charge is 2.34. The number of thioether (sulfide) groups is 1. The number of hydrogen-bond acceptors (Lipinski definition) is 6.